The Hall–Kier alpha value is -2.58. The third-order valence-electron chi connectivity index (χ3n) is 7.07. The minimum atomic E-state index is -0.214. The van der Waals surface area contributed by atoms with Crippen LogP contribution in [0.15, 0.2) is 24.3 Å². The molecule has 3 fully saturated rings. The van der Waals surface area contributed by atoms with Gasteiger partial charge in [-0.15, -0.1) is 0 Å². The second-order valence-electron chi connectivity index (χ2n) is 9.06. The van der Waals surface area contributed by atoms with Gasteiger partial charge in [0.15, 0.2) is 0 Å². The van der Waals surface area contributed by atoms with E-state index in [2.05, 4.69) is 12.2 Å². The predicted octanol–water partition coefficient (Wildman–Crippen LogP) is 2.04. The van der Waals surface area contributed by atoms with Crippen LogP contribution in [0.2, 0.25) is 0 Å². The largest absolute Gasteiger partial charge is 0.496 e. The van der Waals surface area contributed by atoms with Crippen molar-refractivity contribution in [2.45, 2.75) is 38.3 Å². The van der Waals surface area contributed by atoms with Gasteiger partial charge in [-0.3, -0.25) is 9.59 Å². The number of amides is 2. The van der Waals surface area contributed by atoms with E-state index in [-0.39, 0.29) is 35.7 Å². The van der Waals surface area contributed by atoms with Crippen molar-refractivity contribution in [3.63, 3.8) is 0 Å². The van der Waals surface area contributed by atoms with Crippen LogP contribution in [0.25, 0.3) is 0 Å². The van der Waals surface area contributed by atoms with Crippen molar-refractivity contribution >= 4 is 11.8 Å². The quantitative estimate of drug-likeness (QED) is 0.659. The Balaban J connectivity index is 1.71. The van der Waals surface area contributed by atoms with Crippen molar-refractivity contribution in [3.05, 3.63) is 35.4 Å². The van der Waals surface area contributed by atoms with E-state index in [1.807, 2.05) is 30.0 Å². The van der Waals surface area contributed by atoms with Crippen LogP contribution in [-0.4, -0.2) is 87.3 Å². The summed E-state index contributed by atoms with van der Waals surface area (Å²) in [6, 6.07) is 3.80. The molecular formula is C25H35N3O5. The van der Waals surface area contributed by atoms with Gasteiger partial charge in [-0.05, 0) is 38.3 Å². The number of carbonyl (C=O) groups is 2. The molecule has 3 heterocycles. The number of hydrogen-bond acceptors (Lipinski definition) is 6. The molecule has 0 aliphatic carbocycles. The monoisotopic (exact) mass is 457 g/mol. The van der Waals surface area contributed by atoms with Gasteiger partial charge in [0, 0.05) is 43.7 Å². The Morgan fingerprint density at radius 3 is 2.61 bits per heavy atom. The number of hydrogen-bond donors (Lipinski definition) is 1. The van der Waals surface area contributed by atoms with E-state index < -0.39 is 0 Å². The zero-order chi connectivity index (χ0) is 23.5. The number of ether oxygens (including phenoxy) is 3. The Labute approximate surface area is 195 Å². The normalized spacial score (nSPS) is 27.7. The summed E-state index contributed by atoms with van der Waals surface area (Å²) >= 11 is 0. The summed E-state index contributed by atoms with van der Waals surface area (Å²) in [5, 5.41) is 3.49. The van der Waals surface area contributed by atoms with E-state index in [0.29, 0.717) is 56.5 Å². The van der Waals surface area contributed by atoms with Gasteiger partial charge in [0.1, 0.15) is 11.5 Å². The maximum Gasteiger partial charge on any atom is 0.257 e. The third-order valence-corrected chi connectivity index (χ3v) is 7.07. The van der Waals surface area contributed by atoms with Crippen molar-refractivity contribution in [1.82, 2.24) is 15.1 Å². The summed E-state index contributed by atoms with van der Waals surface area (Å²) in [5.74, 6) is 1.51. The van der Waals surface area contributed by atoms with Gasteiger partial charge >= 0.3 is 0 Å². The number of nitrogens with one attached hydrogen (secondary N) is 1. The summed E-state index contributed by atoms with van der Waals surface area (Å²) < 4.78 is 16.9. The maximum absolute atomic E-state index is 13.2. The fourth-order valence-corrected chi connectivity index (χ4v) is 5.39. The Bertz CT molecular complexity index is 912. The molecule has 3 aliphatic rings. The number of morpholine rings is 1. The fourth-order valence-electron chi connectivity index (χ4n) is 5.39. The van der Waals surface area contributed by atoms with Crippen molar-refractivity contribution < 1.29 is 23.8 Å². The highest BCUT2D eigenvalue weighted by Gasteiger charge is 2.48. The molecule has 1 aromatic rings. The van der Waals surface area contributed by atoms with E-state index in [0.717, 1.165) is 12.0 Å². The van der Waals surface area contributed by atoms with Gasteiger partial charge in [0.2, 0.25) is 5.91 Å². The summed E-state index contributed by atoms with van der Waals surface area (Å²) in [6.07, 6.45) is 4.89. The molecule has 1 N–H and O–H groups in total. The number of likely N-dealkylation sites (tertiary alicyclic amines) is 1. The molecule has 0 bridgehead atoms. The number of nitrogens with zero attached hydrogens (tertiary/aromatic N) is 2. The fraction of sp³-hybridized carbons (Fsp3) is 0.600. The molecule has 4 rings (SSSR count). The average molecular weight is 458 g/mol. The second-order valence-corrected chi connectivity index (χ2v) is 9.06. The SMILES string of the molecule is C/C=C/CN1CC(c2cc(OC)c(C(=O)N3CCOCC3)cc2OC)C2CC(C)NC2C1=O. The average Bonchev–Trinajstić information content (AvgIpc) is 3.25. The van der Waals surface area contributed by atoms with Crippen molar-refractivity contribution in [2.24, 2.45) is 5.92 Å². The van der Waals surface area contributed by atoms with Crippen LogP contribution in [0.5, 0.6) is 11.5 Å². The van der Waals surface area contributed by atoms with E-state index in [1.54, 1.807) is 25.2 Å². The number of piperidine rings is 1. The molecule has 4 unspecified atom stereocenters. The van der Waals surface area contributed by atoms with Gasteiger partial charge in [-0.2, -0.15) is 0 Å². The number of rotatable bonds is 6. The van der Waals surface area contributed by atoms with Gasteiger partial charge in [-0.1, -0.05) is 12.2 Å². The minimum absolute atomic E-state index is 0.0757. The Morgan fingerprint density at radius 1 is 1.21 bits per heavy atom. The van der Waals surface area contributed by atoms with Crippen LogP contribution in [0.3, 0.4) is 0 Å². The highest BCUT2D eigenvalue weighted by atomic mass is 16.5. The van der Waals surface area contributed by atoms with Gasteiger partial charge in [0.25, 0.3) is 5.91 Å². The molecule has 2 amide bonds. The smallest absolute Gasteiger partial charge is 0.257 e. The minimum Gasteiger partial charge on any atom is -0.496 e. The van der Waals surface area contributed by atoms with Gasteiger partial charge in [-0.25, -0.2) is 0 Å². The van der Waals surface area contributed by atoms with E-state index in [1.165, 1.54) is 0 Å². The molecule has 0 aromatic heterocycles. The molecule has 3 aliphatic heterocycles. The zero-order valence-electron chi connectivity index (χ0n) is 20.0. The molecule has 0 saturated carbocycles. The molecule has 1 aromatic carbocycles. The lowest BCUT2D eigenvalue weighted by molar-refractivity contribution is -0.137. The number of methoxy groups -OCH3 is 2. The number of benzene rings is 1. The highest BCUT2D eigenvalue weighted by Crippen LogP contribution is 2.44. The first-order valence-electron chi connectivity index (χ1n) is 11.8. The summed E-state index contributed by atoms with van der Waals surface area (Å²) in [4.78, 5) is 30.1. The van der Waals surface area contributed by atoms with Gasteiger partial charge in [0.05, 0.1) is 39.0 Å². The molecular weight excluding hydrogens is 422 g/mol. The second kappa shape index (κ2) is 10.1. The topological polar surface area (TPSA) is 80.3 Å². The molecule has 8 nitrogen and oxygen atoms in total. The number of allylic oxidation sites excluding steroid dienone is 1. The molecule has 8 heteroatoms. The molecule has 0 spiro atoms. The highest BCUT2D eigenvalue weighted by molar-refractivity contribution is 5.97. The molecule has 180 valence electrons. The first-order valence-corrected chi connectivity index (χ1v) is 11.8. The lowest BCUT2D eigenvalue weighted by atomic mass is 9.76. The zero-order valence-corrected chi connectivity index (χ0v) is 20.0. The number of fused-ring (bicyclic) bond motifs is 1. The summed E-state index contributed by atoms with van der Waals surface area (Å²) in [5.41, 5.74) is 1.48. The van der Waals surface area contributed by atoms with E-state index in [4.69, 9.17) is 14.2 Å². The van der Waals surface area contributed by atoms with Crippen LogP contribution < -0.4 is 14.8 Å². The standard InChI is InChI=1S/C25H35N3O5/c1-5-6-7-28-15-20(18-12-16(2)26-23(18)25(28)30)17-13-22(32-4)19(14-21(17)31-3)24(29)27-8-10-33-11-9-27/h5-6,13-14,16,18,20,23,26H,7-12,15H2,1-4H3/b6-5+. The maximum atomic E-state index is 13.2. The lowest BCUT2D eigenvalue weighted by Gasteiger charge is -2.40. The molecule has 4 atom stereocenters. The van der Waals surface area contributed by atoms with Crippen LogP contribution in [-0.2, 0) is 9.53 Å². The third kappa shape index (κ3) is 4.59. The van der Waals surface area contributed by atoms with Crippen LogP contribution in [0, 0.1) is 5.92 Å². The van der Waals surface area contributed by atoms with Crippen molar-refractivity contribution in [1.29, 1.82) is 0 Å². The first-order chi connectivity index (χ1) is 16.0. The predicted molar refractivity (Wildman–Crippen MR) is 125 cm³/mol. The first kappa shape index (κ1) is 23.6. The Kier molecular flexibility index (Phi) is 7.24. The molecule has 0 radical (unpaired) electrons. The number of carbonyl (C=O) groups excluding carboxylic acids is 2. The van der Waals surface area contributed by atoms with Crippen molar-refractivity contribution in [2.75, 3.05) is 53.6 Å². The molecule has 33 heavy (non-hydrogen) atoms. The van der Waals surface area contributed by atoms with Crippen LogP contribution in [0.4, 0.5) is 0 Å². The van der Waals surface area contributed by atoms with E-state index in [9.17, 15) is 9.59 Å². The summed E-state index contributed by atoms with van der Waals surface area (Å²) in [6.45, 7) is 7.47. The molecule has 3 saturated heterocycles. The van der Waals surface area contributed by atoms with Crippen LogP contribution in [0.1, 0.15) is 42.1 Å². The van der Waals surface area contributed by atoms with E-state index >= 15 is 0 Å². The van der Waals surface area contributed by atoms with Crippen molar-refractivity contribution in [3.8, 4) is 11.5 Å². The van der Waals surface area contributed by atoms with Crippen LogP contribution >= 0.6 is 0 Å². The summed E-state index contributed by atoms with van der Waals surface area (Å²) in [7, 11) is 3.22. The lowest BCUT2D eigenvalue weighted by Crippen LogP contribution is -2.54. The van der Waals surface area contributed by atoms with Gasteiger partial charge < -0.3 is 29.3 Å². The Morgan fingerprint density at radius 2 is 1.94 bits per heavy atom.